The first-order valence-corrected chi connectivity index (χ1v) is 11.8. The van der Waals surface area contributed by atoms with Crippen molar-refractivity contribution in [3.63, 3.8) is 0 Å². The average Bonchev–Trinajstić information content (AvgIpc) is 3.30. The summed E-state index contributed by atoms with van der Waals surface area (Å²) in [6.45, 7) is -0.383. The van der Waals surface area contributed by atoms with Crippen molar-refractivity contribution in [1.29, 1.82) is 0 Å². The number of benzene rings is 2. The number of anilines is 1. The van der Waals surface area contributed by atoms with Crippen molar-refractivity contribution in [1.82, 2.24) is 9.88 Å². The molecule has 162 valence electrons. The summed E-state index contributed by atoms with van der Waals surface area (Å²) in [5, 5.41) is 3.71. The number of aromatic nitrogens is 1. The highest BCUT2D eigenvalue weighted by Crippen LogP contribution is 2.32. The minimum Gasteiger partial charge on any atom is -0.300 e. The van der Waals surface area contributed by atoms with Crippen molar-refractivity contribution >= 4 is 74.6 Å². The van der Waals surface area contributed by atoms with Gasteiger partial charge in [0.2, 0.25) is 5.91 Å². The number of thiazole rings is 1. The minimum atomic E-state index is -0.505. The zero-order chi connectivity index (χ0) is 22.7. The van der Waals surface area contributed by atoms with Gasteiger partial charge in [-0.05, 0) is 47.2 Å². The first-order chi connectivity index (χ1) is 15.4. The van der Waals surface area contributed by atoms with Gasteiger partial charge in [0.05, 0.1) is 4.91 Å². The highest BCUT2D eigenvalue weighted by atomic mass is 35.5. The fraction of sp³-hybridized carbons (Fsp3) is 0.0909. The first-order valence-electron chi connectivity index (χ1n) is 9.38. The zero-order valence-electron chi connectivity index (χ0n) is 16.4. The Morgan fingerprint density at radius 3 is 2.69 bits per heavy atom. The summed E-state index contributed by atoms with van der Waals surface area (Å²) in [6.07, 6.45) is 3.79. The van der Waals surface area contributed by atoms with Crippen LogP contribution in [0.2, 0.25) is 10.0 Å². The van der Waals surface area contributed by atoms with Gasteiger partial charge in [0.25, 0.3) is 11.1 Å². The molecule has 6 nitrogen and oxygen atoms in total. The molecule has 0 bridgehead atoms. The predicted octanol–water partition coefficient (Wildman–Crippen LogP) is 5.72. The second kappa shape index (κ2) is 9.87. The van der Waals surface area contributed by atoms with Crippen LogP contribution in [0.5, 0.6) is 0 Å². The third-order valence-corrected chi connectivity index (χ3v) is 6.87. The number of nitrogens with one attached hydrogen (secondary N) is 1. The number of carbonyl (C=O) groups excluding carboxylic acids is 3. The number of amides is 3. The van der Waals surface area contributed by atoms with Gasteiger partial charge in [0.1, 0.15) is 6.54 Å². The van der Waals surface area contributed by atoms with Crippen molar-refractivity contribution in [3.05, 3.63) is 85.7 Å². The van der Waals surface area contributed by atoms with Crippen LogP contribution in [0.4, 0.5) is 9.93 Å². The van der Waals surface area contributed by atoms with Crippen LogP contribution >= 0.6 is 46.3 Å². The maximum Gasteiger partial charge on any atom is 0.294 e. The van der Waals surface area contributed by atoms with Crippen molar-refractivity contribution in [2.24, 2.45) is 0 Å². The van der Waals surface area contributed by atoms with Crippen LogP contribution < -0.4 is 5.32 Å². The van der Waals surface area contributed by atoms with Crippen molar-refractivity contribution in [2.75, 3.05) is 11.9 Å². The summed E-state index contributed by atoms with van der Waals surface area (Å²) in [4.78, 5) is 43.5. The van der Waals surface area contributed by atoms with E-state index in [2.05, 4.69) is 10.3 Å². The third kappa shape index (κ3) is 5.39. The van der Waals surface area contributed by atoms with Gasteiger partial charge in [-0.25, -0.2) is 4.98 Å². The van der Waals surface area contributed by atoms with Crippen LogP contribution in [0.3, 0.4) is 0 Å². The Balaban J connectivity index is 1.38. The van der Waals surface area contributed by atoms with Gasteiger partial charge in [-0.2, -0.15) is 0 Å². The van der Waals surface area contributed by atoms with Crippen molar-refractivity contribution in [2.45, 2.75) is 6.42 Å². The molecule has 10 heteroatoms. The fourth-order valence-electron chi connectivity index (χ4n) is 2.95. The molecule has 32 heavy (non-hydrogen) atoms. The Morgan fingerprint density at radius 2 is 1.91 bits per heavy atom. The van der Waals surface area contributed by atoms with Gasteiger partial charge in [-0.1, -0.05) is 53.5 Å². The molecule has 2 heterocycles. The number of nitrogens with zero attached hydrogens (tertiary/aromatic N) is 2. The third-order valence-electron chi connectivity index (χ3n) is 4.45. The fourth-order valence-corrected chi connectivity index (χ4v) is 5.02. The smallest absolute Gasteiger partial charge is 0.294 e. The average molecular weight is 504 g/mol. The summed E-state index contributed by atoms with van der Waals surface area (Å²) in [7, 11) is 0. The molecule has 0 radical (unpaired) electrons. The lowest BCUT2D eigenvalue weighted by Crippen LogP contribution is -2.36. The Labute approximate surface area is 202 Å². The predicted molar refractivity (Wildman–Crippen MR) is 129 cm³/mol. The number of hydrogen-bond acceptors (Lipinski definition) is 6. The van der Waals surface area contributed by atoms with E-state index < -0.39 is 17.1 Å². The minimum absolute atomic E-state index is 0.281. The highest BCUT2D eigenvalue weighted by Gasteiger charge is 2.36. The molecule has 0 saturated carbocycles. The quantitative estimate of drug-likeness (QED) is 0.435. The summed E-state index contributed by atoms with van der Waals surface area (Å²) >= 11 is 14.3. The van der Waals surface area contributed by atoms with Gasteiger partial charge in [0.15, 0.2) is 5.13 Å². The number of carbonyl (C=O) groups is 3. The second-order valence-corrected chi connectivity index (χ2v) is 9.72. The van der Waals surface area contributed by atoms with E-state index in [1.807, 2.05) is 30.3 Å². The SMILES string of the molecule is O=C(CN1C(=O)S/C(=C\c2ccccc2)C1=O)Nc1ncc(Cc2cc(Cl)ccc2Cl)s1. The molecular weight excluding hydrogens is 489 g/mol. The molecule has 0 atom stereocenters. The van der Waals surface area contributed by atoms with E-state index in [4.69, 9.17) is 23.2 Å². The topological polar surface area (TPSA) is 79.4 Å². The Bertz CT molecular complexity index is 1230. The molecule has 1 fully saturated rings. The molecule has 2 aromatic carbocycles. The molecule has 1 N–H and O–H groups in total. The van der Waals surface area contributed by atoms with Crippen LogP contribution in [-0.4, -0.2) is 33.5 Å². The van der Waals surface area contributed by atoms with Crippen molar-refractivity contribution in [3.8, 4) is 0 Å². The van der Waals surface area contributed by atoms with Crippen LogP contribution in [0, 0.1) is 0 Å². The standard InChI is InChI=1S/C22H15Cl2N3O3S2/c23-15-6-7-17(24)14(9-15)10-16-11-25-21(31-16)26-19(28)12-27-20(29)18(32-22(27)30)8-13-4-2-1-3-5-13/h1-9,11H,10,12H2,(H,25,26,28)/b18-8-. The number of rotatable bonds is 6. The highest BCUT2D eigenvalue weighted by molar-refractivity contribution is 8.18. The Hall–Kier alpha value is -2.65. The molecule has 3 amide bonds. The molecule has 1 aromatic heterocycles. The molecule has 0 unspecified atom stereocenters. The van der Waals surface area contributed by atoms with Crippen molar-refractivity contribution < 1.29 is 14.4 Å². The Kier molecular flexibility index (Phi) is 6.95. The van der Waals surface area contributed by atoms with Crippen LogP contribution in [0.25, 0.3) is 6.08 Å². The Morgan fingerprint density at radius 1 is 1.12 bits per heavy atom. The normalized spacial score (nSPS) is 14.9. The largest absolute Gasteiger partial charge is 0.300 e. The van der Waals surface area contributed by atoms with Gasteiger partial charge in [-0.3, -0.25) is 19.3 Å². The molecular formula is C22H15Cl2N3O3S2. The first kappa shape index (κ1) is 22.5. The van der Waals surface area contributed by atoms with Gasteiger partial charge in [-0.15, -0.1) is 11.3 Å². The molecule has 0 spiro atoms. The van der Waals surface area contributed by atoms with Gasteiger partial charge >= 0.3 is 0 Å². The molecule has 1 saturated heterocycles. The molecule has 1 aliphatic rings. The van der Waals surface area contributed by atoms with E-state index in [0.29, 0.717) is 21.6 Å². The van der Waals surface area contributed by atoms with E-state index in [9.17, 15) is 14.4 Å². The number of halogens is 2. The molecule has 0 aliphatic carbocycles. The van der Waals surface area contributed by atoms with Crippen LogP contribution in [0.1, 0.15) is 16.0 Å². The molecule has 1 aliphatic heterocycles. The zero-order valence-corrected chi connectivity index (χ0v) is 19.5. The maximum atomic E-state index is 12.6. The summed E-state index contributed by atoms with van der Waals surface area (Å²) in [5.74, 6) is -0.996. The van der Waals surface area contributed by atoms with Crippen LogP contribution in [0.15, 0.2) is 59.6 Å². The monoisotopic (exact) mass is 503 g/mol. The van der Waals surface area contributed by atoms with Crippen LogP contribution in [-0.2, 0) is 16.0 Å². The number of hydrogen-bond donors (Lipinski definition) is 1. The summed E-state index contributed by atoms with van der Waals surface area (Å²) in [6, 6.07) is 14.4. The van der Waals surface area contributed by atoms with E-state index in [1.54, 1.807) is 30.5 Å². The van der Waals surface area contributed by atoms with Gasteiger partial charge < -0.3 is 5.32 Å². The van der Waals surface area contributed by atoms with E-state index >= 15 is 0 Å². The van der Waals surface area contributed by atoms with E-state index in [-0.39, 0.29) is 11.4 Å². The maximum absolute atomic E-state index is 12.6. The summed E-state index contributed by atoms with van der Waals surface area (Å²) < 4.78 is 0. The number of imide groups is 1. The second-order valence-electron chi connectivity index (χ2n) is 6.77. The number of thioether (sulfide) groups is 1. The lowest BCUT2D eigenvalue weighted by atomic mass is 10.1. The molecule has 4 rings (SSSR count). The van der Waals surface area contributed by atoms with Gasteiger partial charge in [0, 0.05) is 27.5 Å². The summed E-state index contributed by atoms with van der Waals surface area (Å²) in [5.41, 5.74) is 1.65. The molecule has 3 aromatic rings. The lowest BCUT2D eigenvalue weighted by Gasteiger charge is -2.11. The van der Waals surface area contributed by atoms with E-state index in [0.717, 1.165) is 32.7 Å². The lowest BCUT2D eigenvalue weighted by molar-refractivity contribution is -0.127. The van der Waals surface area contributed by atoms with E-state index in [1.165, 1.54) is 11.3 Å².